The van der Waals surface area contributed by atoms with Crippen molar-refractivity contribution in [3.05, 3.63) is 60.4 Å². The minimum atomic E-state index is 0. The van der Waals surface area contributed by atoms with Gasteiger partial charge in [0, 0.05) is 25.2 Å². The van der Waals surface area contributed by atoms with Crippen LogP contribution in [-0.2, 0) is 17.9 Å². The summed E-state index contributed by atoms with van der Waals surface area (Å²) >= 11 is 0. The van der Waals surface area contributed by atoms with Crippen LogP contribution in [0.1, 0.15) is 18.9 Å². The summed E-state index contributed by atoms with van der Waals surface area (Å²) in [6.07, 6.45) is 2.20. The largest absolute Gasteiger partial charge is 0.330 e. The number of fused-ring (bicyclic) bond motifs is 1. The second-order valence-electron chi connectivity index (χ2n) is 5.71. The van der Waals surface area contributed by atoms with Crippen molar-refractivity contribution < 1.29 is 4.79 Å². The molecular formula is C19H24Cl2N4O. The number of aryl methyl sites for hydroxylation is 1. The molecule has 0 atom stereocenters. The third-order valence-electron chi connectivity index (χ3n) is 3.90. The zero-order valence-electron chi connectivity index (χ0n) is 14.6. The minimum absolute atomic E-state index is 0. The summed E-state index contributed by atoms with van der Waals surface area (Å²) in [5.41, 5.74) is 4.01. The van der Waals surface area contributed by atoms with Gasteiger partial charge in [-0.15, -0.1) is 24.8 Å². The number of nitrogens with one attached hydrogen (secondary N) is 2. The summed E-state index contributed by atoms with van der Waals surface area (Å²) < 4.78 is 2.01. The Kier molecular flexibility index (Phi) is 9.13. The number of para-hydroxylation sites is 2. The van der Waals surface area contributed by atoms with E-state index in [1.807, 2.05) is 47.0 Å². The van der Waals surface area contributed by atoms with Crippen LogP contribution in [0.2, 0.25) is 0 Å². The SMILES string of the molecule is CCNCc1cccc(NC(=O)CCn2cnc3ccccc32)c1.Cl.Cl. The van der Waals surface area contributed by atoms with E-state index in [0.29, 0.717) is 13.0 Å². The minimum Gasteiger partial charge on any atom is -0.330 e. The van der Waals surface area contributed by atoms with Gasteiger partial charge in [-0.1, -0.05) is 31.2 Å². The van der Waals surface area contributed by atoms with E-state index in [1.54, 1.807) is 6.33 Å². The fourth-order valence-electron chi connectivity index (χ4n) is 2.66. The van der Waals surface area contributed by atoms with Crippen LogP contribution in [-0.4, -0.2) is 22.0 Å². The van der Waals surface area contributed by atoms with Gasteiger partial charge in [0.2, 0.25) is 5.91 Å². The Balaban J connectivity index is 0.00000169. The highest BCUT2D eigenvalue weighted by atomic mass is 35.5. The van der Waals surface area contributed by atoms with Gasteiger partial charge in [0.05, 0.1) is 17.4 Å². The highest BCUT2D eigenvalue weighted by Crippen LogP contribution is 2.14. The number of carbonyl (C=O) groups is 1. The first-order valence-electron chi connectivity index (χ1n) is 8.25. The Morgan fingerprint density at radius 1 is 1.12 bits per heavy atom. The molecule has 0 spiro atoms. The van der Waals surface area contributed by atoms with Crippen molar-refractivity contribution in [2.45, 2.75) is 26.4 Å². The number of hydrogen-bond donors (Lipinski definition) is 2. The molecule has 0 bridgehead atoms. The van der Waals surface area contributed by atoms with E-state index in [9.17, 15) is 4.79 Å². The lowest BCUT2D eigenvalue weighted by molar-refractivity contribution is -0.116. The Morgan fingerprint density at radius 2 is 1.92 bits per heavy atom. The number of carbonyl (C=O) groups excluding carboxylic acids is 1. The first kappa shape index (κ1) is 22.0. The summed E-state index contributed by atoms with van der Waals surface area (Å²) in [7, 11) is 0. The van der Waals surface area contributed by atoms with Gasteiger partial charge in [-0.05, 0) is 36.4 Å². The number of imidazole rings is 1. The van der Waals surface area contributed by atoms with E-state index < -0.39 is 0 Å². The van der Waals surface area contributed by atoms with Gasteiger partial charge in [0.25, 0.3) is 0 Å². The molecule has 1 heterocycles. The van der Waals surface area contributed by atoms with Crippen LogP contribution in [0.25, 0.3) is 11.0 Å². The number of aromatic nitrogens is 2. The third-order valence-corrected chi connectivity index (χ3v) is 3.90. The molecular weight excluding hydrogens is 371 g/mol. The van der Waals surface area contributed by atoms with Crippen LogP contribution in [0.4, 0.5) is 5.69 Å². The van der Waals surface area contributed by atoms with Crippen molar-refractivity contribution in [1.29, 1.82) is 0 Å². The van der Waals surface area contributed by atoms with Gasteiger partial charge in [-0.25, -0.2) is 4.98 Å². The van der Waals surface area contributed by atoms with Crippen LogP contribution in [0, 0.1) is 0 Å². The zero-order chi connectivity index (χ0) is 16.8. The van der Waals surface area contributed by atoms with Gasteiger partial charge in [-0.3, -0.25) is 4.79 Å². The van der Waals surface area contributed by atoms with Gasteiger partial charge < -0.3 is 15.2 Å². The number of amides is 1. The summed E-state index contributed by atoms with van der Waals surface area (Å²) in [6, 6.07) is 15.9. The lowest BCUT2D eigenvalue weighted by Crippen LogP contribution is -2.15. The van der Waals surface area contributed by atoms with E-state index in [-0.39, 0.29) is 30.7 Å². The molecule has 0 saturated carbocycles. The number of rotatable bonds is 7. The molecule has 0 radical (unpaired) electrons. The molecule has 0 saturated heterocycles. The van der Waals surface area contributed by atoms with Crippen molar-refractivity contribution >= 4 is 47.4 Å². The molecule has 1 amide bonds. The fourth-order valence-corrected chi connectivity index (χ4v) is 2.66. The Hall–Kier alpha value is -2.08. The lowest BCUT2D eigenvalue weighted by atomic mass is 10.2. The molecule has 0 aliphatic heterocycles. The van der Waals surface area contributed by atoms with Crippen molar-refractivity contribution in [3.63, 3.8) is 0 Å². The number of anilines is 1. The van der Waals surface area contributed by atoms with Gasteiger partial charge in [0.15, 0.2) is 0 Å². The maximum atomic E-state index is 12.2. The molecule has 0 fully saturated rings. The lowest BCUT2D eigenvalue weighted by Gasteiger charge is -2.09. The maximum Gasteiger partial charge on any atom is 0.226 e. The number of benzene rings is 2. The van der Waals surface area contributed by atoms with Crippen LogP contribution in [0.3, 0.4) is 0 Å². The molecule has 2 N–H and O–H groups in total. The first-order valence-corrected chi connectivity index (χ1v) is 8.25. The van der Waals surface area contributed by atoms with E-state index in [0.717, 1.165) is 35.4 Å². The number of hydrogen-bond acceptors (Lipinski definition) is 3. The second-order valence-corrected chi connectivity index (χ2v) is 5.71. The highest BCUT2D eigenvalue weighted by molar-refractivity contribution is 5.90. The van der Waals surface area contributed by atoms with Crippen molar-refractivity contribution in [3.8, 4) is 0 Å². The van der Waals surface area contributed by atoms with Crippen molar-refractivity contribution in [2.75, 3.05) is 11.9 Å². The quantitative estimate of drug-likeness (QED) is 0.635. The summed E-state index contributed by atoms with van der Waals surface area (Å²) in [5, 5.41) is 6.25. The molecule has 1 aromatic heterocycles. The molecule has 5 nitrogen and oxygen atoms in total. The molecule has 0 unspecified atom stereocenters. The number of halogens is 2. The normalized spacial score (nSPS) is 10.0. The fraction of sp³-hybridized carbons (Fsp3) is 0.263. The zero-order valence-corrected chi connectivity index (χ0v) is 16.3. The van der Waals surface area contributed by atoms with Crippen LogP contribution >= 0.6 is 24.8 Å². The monoisotopic (exact) mass is 394 g/mol. The standard InChI is InChI=1S/C19H22N4O.2ClH/c1-2-20-13-15-6-5-7-16(12-15)22-19(24)10-11-23-14-21-17-8-3-4-9-18(17)23;;/h3-9,12,14,20H,2,10-11,13H2,1H3,(H,22,24);2*1H. The molecule has 26 heavy (non-hydrogen) atoms. The van der Waals surface area contributed by atoms with Gasteiger partial charge in [0.1, 0.15) is 0 Å². The summed E-state index contributed by atoms with van der Waals surface area (Å²) in [4.78, 5) is 16.6. The van der Waals surface area contributed by atoms with Crippen molar-refractivity contribution in [2.24, 2.45) is 0 Å². The molecule has 140 valence electrons. The summed E-state index contributed by atoms with van der Waals surface area (Å²) in [6.45, 7) is 4.42. The average Bonchev–Trinajstić information content (AvgIpc) is 3.02. The maximum absolute atomic E-state index is 12.2. The Morgan fingerprint density at radius 3 is 2.73 bits per heavy atom. The van der Waals surface area contributed by atoms with E-state index in [4.69, 9.17) is 0 Å². The first-order chi connectivity index (χ1) is 11.8. The molecule has 3 aromatic rings. The van der Waals surface area contributed by atoms with Gasteiger partial charge >= 0.3 is 0 Å². The van der Waals surface area contributed by atoms with Crippen molar-refractivity contribution in [1.82, 2.24) is 14.9 Å². The van der Waals surface area contributed by atoms with E-state index >= 15 is 0 Å². The number of nitrogens with zero attached hydrogens (tertiary/aromatic N) is 2. The topological polar surface area (TPSA) is 58.9 Å². The molecule has 7 heteroatoms. The van der Waals surface area contributed by atoms with E-state index in [2.05, 4.69) is 28.6 Å². The average molecular weight is 395 g/mol. The molecule has 3 rings (SSSR count). The molecule has 0 aliphatic rings. The Labute approximate surface area is 166 Å². The smallest absolute Gasteiger partial charge is 0.226 e. The van der Waals surface area contributed by atoms with Crippen LogP contribution < -0.4 is 10.6 Å². The Bertz CT molecular complexity index is 835. The third kappa shape index (κ3) is 5.73. The second kappa shape index (κ2) is 10.8. The van der Waals surface area contributed by atoms with E-state index in [1.165, 1.54) is 0 Å². The van der Waals surface area contributed by atoms with Crippen LogP contribution in [0.15, 0.2) is 54.9 Å². The molecule has 0 aliphatic carbocycles. The highest BCUT2D eigenvalue weighted by Gasteiger charge is 2.06. The summed E-state index contributed by atoms with van der Waals surface area (Å²) in [5.74, 6) is 0.00776. The predicted molar refractivity (Wildman–Crippen MR) is 111 cm³/mol. The molecule has 2 aromatic carbocycles. The van der Waals surface area contributed by atoms with Crippen LogP contribution in [0.5, 0.6) is 0 Å². The predicted octanol–water partition coefficient (Wildman–Crippen LogP) is 4.02. The van der Waals surface area contributed by atoms with Gasteiger partial charge in [-0.2, -0.15) is 0 Å².